The van der Waals surface area contributed by atoms with Gasteiger partial charge in [-0.15, -0.1) is 0 Å². The van der Waals surface area contributed by atoms with Gasteiger partial charge in [-0.05, 0) is 54.5 Å². The molecule has 1 aliphatic heterocycles. The molecule has 0 spiro atoms. The Bertz CT molecular complexity index is 1350. The SMILES string of the molecule is COc1ncc(-c2cc3cc[nH]c(=O)c3c(Nc3ccc(CCN4CCC(O)CC4)cc3)n2)cn1. The molecule has 0 amide bonds. The predicted octanol–water partition coefficient (Wildman–Crippen LogP) is 3.13. The Kier molecular flexibility index (Phi) is 6.69. The summed E-state index contributed by atoms with van der Waals surface area (Å²) in [5.74, 6) is 0.467. The van der Waals surface area contributed by atoms with Crippen molar-refractivity contribution in [1.82, 2.24) is 24.8 Å². The highest BCUT2D eigenvalue weighted by Crippen LogP contribution is 2.27. The minimum absolute atomic E-state index is 0.149. The number of H-pyrrole nitrogens is 1. The van der Waals surface area contributed by atoms with E-state index in [1.807, 2.05) is 24.3 Å². The third-order valence-electron chi connectivity index (χ3n) is 6.35. The highest BCUT2D eigenvalue weighted by molar-refractivity contribution is 5.95. The van der Waals surface area contributed by atoms with Crippen molar-refractivity contribution >= 4 is 22.3 Å². The lowest BCUT2D eigenvalue weighted by Gasteiger charge is -2.29. The van der Waals surface area contributed by atoms with Crippen LogP contribution in [0, 0.1) is 0 Å². The molecular weight excluding hydrogens is 444 g/mol. The summed E-state index contributed by atoms with van der Waals surface area (Å²) >= 11 is 0. The van der Waals surface area contributed by atoms with E-state index in [0.717, 1.165) is 55.5 Å². The number of aliphatic hydroxyl groups excluding tert-OH is 1. The van der Waals surface area contributed by atoms with Gasteiger partial charge < -0.3 is 25.0 Å². The van der Waals surface area contributed by atoms with Crippen LogP contribution >= 0.6 is 0 Å². The lowest BCUT2D eigenvalue weighted by molar-refractivity contribution is 0.0832. The summed E-state index contributed by atoms with van der Waals surface area (Å²) in [6, 6.07) is 12.2. The van der Waals surface area contributed by atoms with E-state index in [9.17, 15) is 9.90 Å². The van der Waals surface area contributed by atoms with Crippen LogP contribution in [0.25, 0.3) is 22.0 Å². The number of hydrogen-bond donors (Lipinski definition) is 3. The molecule has 5 rings (SSSR count). The number of benzene rings is 1. The molecule has 1 fully saturated rings. The number of hydrogen-bond acceptors (Lipinski definition) is 8. The third-order valence-corrected chi connectivity index (χ3v) is 6.35. The molecule has 0 atom stereocenters. The van der Waals surface area contributed by atoms with Crippen molar-refractivity contribution in [2.75, 3.05) is 32.1 Å². The Morgan fingerprint density at radius 3 is 2.60 bits per heavy atom. The largest absolute Gasteiger partial charge is 0.467 e. The van der Waals surface area contributed by atoms with Gasteiger partial charge in [-0.3, -0.25) is 4.79 Å². The molecule has 9 nitrogen and oxygen atoms in total. The topological polar surface area (TPSA) is 116 Å². The fourth-order valence-electron chi connectivity index (χ4n) is 4.33. The van der Waals surface area contributed by atoms with Crippen LogP contribution < -0.4 is 15.6 Å². The van der Waals surface area contributed by atoms with Crippen molar-refractivity contribution in [3.8, 4) is 17.3 Å². The van der Waals surface area contributed by atoms with Crippen LogP contribution in [-0.2, 0) is 6.42 Å². The van der Waals surface area contributed by atoms with Gasteiger partial charge in [-0.25, -0.2) is 15.0 Å². The number of methoxy groups -OCH3 is 1. The van der Waals surface area contributed by atoms with Gasteiger partial charge in [0.15, 0.2) is 0 Å². The van der Waals surface area contributed by atoms with Crippen LogP contribution in [0.2, 0.25) is 0 Å². The number of ether oxygens (including phenoxy) is 1. The Morgan fingerprint density at radius 1 is 1.14 bits per heavy atom. The maximum Gasteiger partial charge on any atom is 0.316 e. The van der Waals surface area contributed by atoms with Gasteiger partial charge in [0.25, 0.3) is 5.56 Å². The summed E-state index contributed by atoms with van der Waals surface area (Å²) in [4.78, 5) is 30.8. The molecule has 4 aromatic rings. The molecule has 0 unspecified atom stereocenters. The summed E-state index contributed by atoms with van der Waals surface area (Å²) < 4.78 is 5.05. The van der Waals surface area contributed by atoms with Gasteiger partial charge in [-0.2, -0.15) is 0 Å². The van der Waals surface area contributed by atoms with Crippen molar-refractivity contribution < 1.29 is 9.84 Å². The number of piperidine rings is 1. The minimum Gasteiger partial charge on any atom is -0.467 e. The number of nitrogens with one attached hydrogen (secondary N) is 2. The number of fused-ring (bicyclic) bond motifs is 1. The molecule has 0 aliphatic carbocycles. The summed E-state index contributed by atoms with van der Waals surface area (Å²) in [5, 5.41) is 14.3. The monoisotopic (exact) mass is 472 g/mol. The zero-order valence-corrected chi connectivity index (χ0v) is 19.6. The molecular formula is C26H28N6O3. The van der Waals surface area contributed by atoms with E-state index >= 15 is 0 Å². The Hall–Kier alpha value is -3.82. The van der Waals surface area contributed by atoms with E-state index in [-0.39, 0.29) is 17.7 Å². The molecule has 1 saturated heterocycles. The standard InChI is InChI=1S/C26H28N6O3/c1-35-26-28-15-19(16-29-26)22-14-18-6-10-27-25(34)23(18)24(31-22)30-20-4-2-17(3-5-20)7-11-32-12-8-21(33)9-13-32/h2-6,10,14-16,21,33H,7-9,11-13H2,1H3,(H,27,34)(H,30,31). The molecule has 3 aromatic heterocycles. The smallest absolute Gasteiger partial charge is 0.316 e. The fourth-order valence-corrected chi connectivity index (χ4v) is 4.33. The van der Waals surface area contributed by atoms with Crippen molar-refractivity contribution in [2.24, 2.45) is 0 Å². The maximum atomic E-state index is 12.6. The fraction of sp³-hybridized carbons (Fsp3) is 0.308. The summed E-state index contributed by atoms with van der Waals surface area (Å²) in [5.41, 5.74) is 3.24. The quantitative estimate of drug-likeness (QED) is 0.376. The lowest BCUT2D eigenvalue weighted by Crippen LogP contribution is -2.37. The molecule has 0 bridgehead atoms. The van der Waals surface area contributed by atoms with Crippen LogP contribution in [0.5, 0.6) is 6.01 Å². The Morgan fingerprint density at radius 2 is 1.89 bits per heavy atom. The van der Waals surface area contributed by atoms with Crippen molar-refractivity contribution in [1.29, 1.82) is 0 Å². The first-order valence-electron chi connectivity index (χ1n) is 11.7. The number of anilines is 2. The molecule has 4 heterocycles. The van der Waals surface area contributed by atoms with Crippen LogP contribution in [-0.4, -0.2) is 62.8 Å². The molecule has 180 valence electrons. The van der Waals surface area contributed by atoms with Gasteiger partial charge >= 0.3 is 6.01 Å². The molecule has 0 radical (unpaired) electrons. The van der Waals surface area contributed by atoms with Crippen molar-refractivity contribution in [3.63, 3.8) is 0 Å². The third kappa shape index (κ3) is 5.31. The number of aliphatic hydroxyl groups is 1. The second kappa shape index (κ2) is 10.2. The van der Waals surface area contributed by atoms with Gasteiger partial charge in [-0.1, -0.05) is 12.1 Å². The first kappa shape index (κ1) is 22.9. The molecule has 9 heteroatoms. The number of rotatable bonds is 7. The van der Waals surface area contributed by atoms with Crippen LogP contribution in [0.4, 0.5) is 11.5 Å². The normalized spacial score (nSPS) is 14.8. The average molecular weight is 473 g/mol. The van der Waals surface area contributed by atoms with Crippen LogP contribution in [0.15, 0.2) is 59.8 Å². The number of aromatic nitrogens is 4. The predicted molar refractivity (Wildman–Crippen MR) is 135 cm³/mol. The van der Waals surface area contributed by atoms with Gasteiger partial charge in [0.1, 0.15) is 5.82 Å². The van der Waals surface area contributed by atoms with Gasteiger partial charge in [0.2, 0.25) is 0 Å². The van der Waals surface area contributed by atoms with Crippen LogP contribution in [0.3, 0.4) is 0 Å². The van der Waals surface area contributed by atoms with E-state index < -0.39 is 0 Å². The number of likely N-dealkylation sites (tertiary alicyclic amines) is 1. The highest BCUT2D eigenvalue weighted by Gasteiger charge is 2.16. The van der Waals surface area contributed by atoms with Crippen molar-refractivity contribution in [2.45, 2.75) is 25.4 Å². The number of aromatic amines is 1. The van der Waals surface area contributed by atoms with Gasteiger partial charge in [0.05, 0.1) is 24.3 Å². The van der Waals surface area contributed by atoms with Crippen molar-refractivity contribution in [3.05, 3.63) is 70.9 Å². The van der Waals surface area contributed by atoms with E-state index in [0.29, 0.717) is 16.9 Å². The van der Waals surface area contributed by atoms with E-state index in [4.69, 9.17) is 9.72 Å². The first-order valence-corrected chi connectivity index (χ1v) is 11.7. The number of pyridine rings is 2. The van der Waals surface area contributed by atoms with Crippen LogP contribution in [0.1, 0.15) is 18.4 Å². The van der Waals surface area contributed by atoms with E-state index in [1.54, 1.807) is 18.6 Å². The summed E-state index contributed by atoms with van der Waals surface area (Å²) in [6.07, 6.45) is 7.42. The first-order chi connectivity index (χ1) is 17.1. The zero-order valence-electron chi connectivity index (χ0n) is 19.6. The number of nitrogens with zero attached hydrogens (tertiary/aromatic N) is 4. The molecule has 1 aliphatic rings. The molecule has 0 saturated carbocycles. The molecule has 1 aromatic carbocycles. The Balaban J connectivity index is 1.37. The average Bonchev–Trinajstić information content (AvgIpc) is 2.89. The zero-order chi connectivity index (χ0) is 24.2. The summed E-state index contributed by atoms with van der Waals surface area (Å²) in [7, 11) is 1.52. The van der Waals surface area contributed by atoms with E-state index in [2.05, 4.69) is 37.3 Å². The highest BCUT2D eigenvalue weighted by atomic mass is 16.5. The second-order valence-corrected chi connectivity index (χ2v) is 8.73. The lowest BCUT2D eigenvalue weighted by atomic mass is 10.1. The summed E-state index contributed by atoms with van der Waals surface area (Å²) in [6.45, 7) is 2.88. The van der Waals surface area contributed by atoms with E-state index in [1.165, 1.54) is 12.7 Å². The minimum atomic E-state index is -0.210. The Labute approximate surface area is 202 Å². The second-order valence-electron chi connectivity index (χ2n) is 8.73. The van der Waals surface area contributed by atoms with Gasteiger partial charge in [0, 0.05) is 49.5 Å². The maximum absolute atomic E-state index is 12.6. The molecule has 35 heavy (non-hydrogen) atoms. The molecule has 3 N–H and O–H groups in total.